The largest absolute Gasteiger partial charge is 0.490 e. The molecular formula is C10H9N3O8. The molecule has 1 aromatic rings. The molecule has 0 saturated carbocycles. The van der Waals surface area contributed by atoms with Crippen molar-refractivity contribution >= 4 is 17.5 Å². The van der Waals surface area contributed by atoms with Gasteiger partial charge in [-0.2, -0.15) is 0 Å². The molecule has 0 aliphatic carbocycles. The first kappa shape index (κ1) is 15.8. The highest BCUT2D eigenvalue weighted by molar-refractivity contribution is 5.77. The molecule has 21 heavy (non-hydrogen) atoms. The lowest BCUT2D eigenvalue weighted by molar-refractivity contribution is -0.401. The van der Waals surface area contributed by atoms with Crippen LogP contribution in [0.3, 0.4) is 0 Å². The molecule has 112 valence electrons. The molecule has 11 nitrogen and oxygen atoms in total. The van der Waals surface area contributed by atoms with Crippen LogP contribution in [-0.4, -0.2) is 29.0 Å². The van der Waals surface area contributed by atoms with Crippen LogP contribution in [0.15, 0.2) is 12.3 Å². The summed E-state index contributed by atoms with van der Waals surface area (Å²) in [7, 11) is 2.14. The van der Waals surface area contributed by atoms with E-state index in [1.165, 1.54) is 0 Å². The summed E-state index contributed by atoms with van der Waals surface area (Å²) in [6.07, 6.45) is 1.15. The van der Waals surface area contributed by atoms with E-state index in [1.54, 1.807) is 0 Å². The van der Waals surface area contributed by atoms with Crippen LogP contribution in [0.4, 0.5) is 11.4 Å². The van der Waals surface area contributed by atoms with Crippen LogP contribution in [-0.2, 0) is 0 Å². The summed E-state index contributed by atoms with van der Waals surface area (Å²) in [6.45, 7) is 0. The molecule has 0 radical (unpaired) electrons. The zero-order valence-electron chi connectivity index (χ0n) is 10.8. The van der Waals surface area contributed by atoms with Gasteiger partial charge in [0, 0.05) is 6.08 Å². The van der Waals surface area contributed by atoms with E-state index in [0.29, 0.717) is 6.20 Å². The fraction of sp³-hybridized carbons (Fsp3) is 0.200. The number of methoxy groups -OCH3 is 2. The van der Waals surface area contributed by atoms with E-state index >= 15 is 0 Å². The summed E-state index contributed by atoms with van der Waals surface area (Å²) in [5.74, 6) is -0.874. The summed E-state index contributed by atoms with van der Waals surface area (Å²) in [6, 6.07) is 0.820. The van der Waals surface area contributed by atoms with E-state index in [1.807, 2.05) is 0 Å². The fourth-order valence-corrected chi connectivity index (χ4v) is 1.62. The molecule has 0 spiro atoms. The number of rotatable bonds is 6. The van der Waals surface area contributed by atoms with Crippen molar-refractivity contribution in [2.45, 2.75) is 0 Å². The Labute approximate surface area is 116 Å². The second kappa shape index (κ2) is 6.27. The lowest BCUT2D eigenvalue weighted by Gasteiger charge is -2.09. The molecule has 0 aliphatic heterocycles. The zero-order chi connectivity index (χ0) is 16.2. The predicted octanol–water partition coefficient (Wildman–Crippen LogP) is 1.77. The Kier molecular flexibility index (Phi) is 4.72. The lowest BCUT2D eigenvalue weighted by Crippen LogP contribution is -2.03. The summed E-state index contributed by atoms with van der Waals surface area (Å²) >= 11 is 0. The molecule has 1 aromatic carbocycles. The average molecular weight is 299 g/mol. The Morgan fingerprint density at radius 3 is 2.05 bits per heavy atom. The number of hydrogen-bond acceptors (Lipinski definition) is 8. The minimum absolute atomic E-state index is 0.407. The third-order valence-corrected chi connectivity index (χ3v) is 2.40. The summed E-state index contributed by atoms with van der Waals surface area (Å²) in [4.78, 5) is 29.8. The summed E-state index contributed by atoms with van der Waals surface area (Å²) < 4.78 is 9.52. The highest BCUT2D eigenvalue weighted by Crippen LogP contribution is 2.44. The molecule has 0 aromatic heterocycles. The Hall–Kier alpha value is -3.24. The number of nitrogens with zero attached hydrogens (tertiary/aromatic N) is 3. The van der Waals surface area contributed by atoms with Crippen molar-refractivity contribution in [1.82, 2.24) is 0 Å². The van der Waals surface area contributed by atoms with Gasteiger partial charge < -0.3 is 9.47 Å². The SMILES string of the molecule is COc1cc([N+](=O)[O-])c(OC)c(/C=C/[N+](=O)[O-])c1[N+](=O)[O-]. The third kappa shape index (κ3) is 3.20. The van der Waals surface area contributed by atoms with Crippen LogP contribution in [0.1, 0.15) is 5.56 Å². The molecule has 0 amide bonds. The molecule has 0 saturated heterocycles. The second-order valence-electron chi connectivity index (χ2n) is 3.51. The minimum atomic E-state index is -0.870. The van der Waals surface area contributed by atoms with Crippen molar-refractivity contribution in [3.63, 3.8) is 0 Å². The monoisotopic (exact) mass is 299 g/mol. The van der Waals surface area contributed by atoms with Gasteiger partial charge in [-0.1, -0.05) is 0 Å². The van der Waals surface area contributed by atoms with Gasteiger partial charge in [0.1, 0.15) is 5.56 Å². The first-order valence-corrected chi connectivity index (χ1v) is 5.22. The van der Waals surface area contributed by atoms with E-state index in [-0.39, 0.29) is 0 Å². The Bertz CT molecular complexity index is 640. The van der Waals surface area contributed by atoms with Crippen LogP contribution >= 0.6 is 0 Å². The number of hydrogen-bond donors (Lipinski definition) is 0. The average Bonchev–Trinajstić information content (AvgIpc) is 2.42. The third-order valence-electron chi connectivity index (χ3n) is 2.40. The predicted molar refractivity (Wildman–Crippen MR) is 68.9 cm³/mol. The molecule has 11 heteroatoms. The van der Waals surface area contributed by atoms with Gasteiger partial charge >= 0.3 is 11.4 Å². The number of nitro benzene ring substituents is 2. The maximum absolute atomic E-state index is 11.1. The van der Waals surface area contributed by atoms with Crippen LogP contribution in [0.5, 0.6) is 11.5 Å². The Morgan fingerprint density at radius 1 is 1.05 bits per heavy atom. The van der Waals surface area contributed by atoms with Crippen molar-refractivity contribution < 1.29 is 24.2 Å². The molecule has 1 rings (SSSR count). The molecule has 0 unspecified atom stereocenters. The first-order chi connectivity index (χ1) is 9.83. The molecule has 0 atom stereocenters. The fourth-order valence-electron chi connectivity index (χ4n) is 1.62. The van der Waals surface area contributed by atoms with E-state index in [4.69, 9.17) is 9.47 Å². The van der Waals surface area contributed by atoms with Crippen molar-refractivity contribution in [3.05, 3.63) is 48.2 Å². The van der Waals surface area contributed by atoms with E-state index in [0.717, 1.165) is 26.4 Å². The summed E-state index contributed by atoms with van der Waals surface area (Å²) in [5.41, 5.74) is -1.70. The van der Waals surface area contributed by atoms with Gasteiger partial charge in [-0.05, 0) is 0 Å². The van der Waals surface area contributed by atoms with Crippen LogP contribution in [0.2, 0.25) is 0 Å². The maximum atomic E-state index is 11.1. The highest BCUT2D eigenvalue weighted by Gasteiger charge is 2.32. The Balaban J connectivity index is 3.81. The second-order valence-corrected chi connectivity index (χ2v) is 3.51. The van der Waals surface area contributed by atoms with Gasteiger partial charge in [-0.15, -0.1) is 0 Å². The highest BCUT2D eigenvalue weighted by atomic mass is 16.6. The minimum Gasteiger partial charge on any atom is -0.490 e. The van der Waals surface area contributed by atoms with Crippen molar-refractivity contribution in [1.29, 1.82) is 0 Å². The van der Waals surface area contributed by atoms with E-state index in [9.17, 15) is 30.3 Å². The lowest BCUT2D eigenvalue weighted by atomic mass is 10.1. The van der Waals surface area contributed by atoms with Gasteiger partial charge in [-0.25, -0.2) is 0 Å². The van der Waals surface area contributed by atoms with Gasteiger partial charge in [0.2, 0.25) is 17.7 Å². The van der Waals surface area contributed by atoms with Crippen molar-refractivity contribution in [2.75, 3.05) is 14.2 Å². The van der Waals surface area contributed by atoms with Crippen molar-refractivity contribution in [3.8, 4) is 11.5 Å². The molecule has 0 bridgehead atoms. The molecule has 0 heterocycles. The number of ether oxygens (including phenoxy) is 2. The zero-order valence-corrected chi connectivity index (χ0v) is 10.8. The maximum Gasteiger partial charge on any atom is 0.322 e. The van der Waals surface area contributed by atoms with E-state index in [2.05, 4.69) is 0 Å². The van der Waals surface area contributed by atoms with Gasteiger partial charge in [0.05, 0.1) is 35.1 Å². The van der Waals surface area contributed by atoms with Gasteiger partial charge in [0.15, 0.2) is 0 Å². The van der Waals surface area contributed by atoms with Crippen LogP contribution in [0.25, 0.3) is 6.08 Å². The quantitative estimate of drug-likeness (QED) is 0.569. The Morgan fingerprint density at radius 2 is 1.67 bits per heavy atom. The molecule has 0 fully saturated rings. The summed E-state index contributed by atoms with van der Waals surface area (Å²) in [5, 5.41) is 32.4. The molecular weight excluding hydrogens is 290 g/mol. The van der Waals surface area contributed by atoms with E-state index < -0.39 is 43.2 Å². The van der Waals surface area contributed by atoms with Crippen molar-refractivity contribution in [2.24, 2.45) is 0 Å². The van der Waals surface area contributed by atoms with Gasteiger partial charge in [0.25, 0.3) is 0 Å². The first-order valence-electron chi connectivity index (χ1n) is 5.22. The number of nitro groups is 3. The molecule has 0 aliphatic rings. The normalized spacial score (nSPS) is 10.4. The topological polar surface area (TPSA) is 148 Å². The standard InChI is InChI=1S/C10H9N3O8/c1-20-8-5-7(12(16)17)10(21-2)6(3-4-11(14)15)9(8)13(18)19/h3-5H,1-2H3/b4-3+. The van der Waals surface area contributed by atoms with Crippen LogP contribution in [0, 0.1) is 30.3 Å². The van der Waals surface area contributed by atoms with Gasteiger partial charge in [-0.3, -0.25) is 30.3 Å². The smallest absolute Gasteiger partial charge is 0.322 e. The number of benzene rings is 1. The molecule has 0 N–H and O–H groups in total. The van der Waals surface area contributed by atoms with Crippen LogP contribution < -0.4 is 9.47 Å².